The third kappa shape index (κ3) is 9.58. The van der Waals surface area contributed by atoms with Crippen LogP contribution in [-0.4, -0.2) is 31.1 Å². The monoisotopic (exact) mass is 538 g/mol. The number of carbonyl (C=O) groups is 2. The average molecular weight is 539 g/mol. The van der Waals surface area contributed by atoms with Crippen molar-refractivity contribution >= 4 is 33.5 Å². The Balaban J connectivity index is 1.63. The summed E-state index contributed by atoms with van der Waals surface area (Å²) >= 11 is 0. The molecule has 8 heteroatoms. The van der Waals surface area contributed by atoms with Crippen LogP contribution in [0.2, 0.25) is 0 Å². The summed E-state index contributed by atoms with van der Waals surface area (Å²) in [5.74, 6) is -1.05. The molecule has 0 aromatic heterocycles. The van der Waals surface area contributed by atoms with Gasteiger partial charge in [0.2, 0.25) is 0 Å². The molecule has 0 aromatic rings. The minimum Gasteiger partial charge on any atom is -0.481 e. The Labute approximate surface area is 221 Å². The first-order chi connectivity index (χ1) is 16.8. The van der Waals surface area contributed by atoms with Crippen molar-refractivity contribution in [1.82, 2.24) is 0 Å². The van der Waals surface area contributed by atoms with E-state index in [1.54, 1.807) is 13.8 Å². The lowest BCUT2D eigenvalue weighted by molar-refractivity contribution is -0.154. The van der Waals surface area contributed by atoms with Gasteiger partial charge in [-0.05, 0) is 116 Å². The molecule has 0 aromatic carbocycles. The van der Waals surface area contributed by atoms with Crippen LogP contribution in [0.5, 0.6) is 0 Å². The van der Waals surface area contributed by atoms with E-state index >= 15 is 0 Å². The Morgan fingerprint density at radius 3 is 1.50 bits per heavy atom. The number of rotatable bonds is 16. The fourth-order valence-electron chi connectivity index (χ4n) is 4.36. The second-order valence-electron chi connectivity index (χ2n) is 10.9. The highest BCUT2D eigenvalue weighted by Crippen LogP contribution is 2.32. The van der Waals surface area contributed by atoms with Crippen LogP contribution in [-0.2, 0) is 35.9 Å². The Morgan fingerprint density at radius 1 is 0.722 bits per heavy atom. The molecule has 0 aliphatic carbocycles. The topological polar surface area (TPSA) is 97.7 Å². The van der Waals surface area contributed by atoms with Crippen molar-refractivity contribution in [2.45, 2.75) is 111 Å². The predicted molar refractivity (Wildman–Crippen MR) is 147 cm³/mol. The van der Waals surface area contributed by atoms with Crippen molar-refractivity contribution < 1.29 is 27.9 Å². The molecule has 0 bridgehead atoms. The molecule has 0 amide bonds. The van der Waals surface area contributed by atoms with Crippen LogP contribution >= 0.6 is 0 Å². The van der Waals surface area contributed by atoms with E-state index in [1.807, 2.05) is 38.2 Å². The lowest BCUT2D eigenvalue weighted by atomic mass is 9.87. The number of ether oxygens (including phenoxy) is 1. The first-order valence-corrected chi connectivity index (χ1v) is 15.2. The maximum Gasteiger partial charge on any atom is 0.309 e. The van der Waals surface area contributed by atoms with E-state index in [-0.39, 0.29) is 5.97 Å². The van der Waals surface area contributed by atoms with Crippen molar-refractivity contribution in [2.24, 2.45) is 5.41 Å². The fourth-order valence-corrected chi connectivity index (χ4v) is 7.12. The molecule has 202 valence electrons. The smallest absolute Gasteiger partial charge is 0.309 e. The number of carboxylic acids is 1. The first kappa shape index (κ1) is 30.4. The largest absolute Gasteiger partial charge is 0.481 e. The number of allylic oxidation sites excluding steroid dienone is 8. The zero-order chi connectivity index (χ0) is 26.9. The highest BCUT2D eigenvalue weighted by molar-refractivity contribution is 7.93. The van der Waals surface area contributed by atoms with Crippen molar-refractivity contribution in [1.29, 1.82) is 0 Å². The summed E-state index contributed by atoms with van der Waals surface area (Å²) in [6.45, 7) is 8.72. The molecule has 36 heavy (non-hydrogen) atoms. The Kier molecular flexibility index (Phi) is 11.5. The SMILES string of the molecule is CC(=O)OC(C)(C)CCCCC1=CC=C(CCCC2=CC=C(CCCCC(C)(C)C(=O)O)S2=O)S1=O. The normalized spacial score (nSPS) is 20.0. The number of aliphatic carboxylic acids is 1. The lowest BCUT2D eigenvalue weighted by Gasteiger charge is -2.24. The average Bonchev–Trinajstić information content (AvgIpc) is 3.30. The third-order valence-electron chi connectivity index (χ3n) is 6.64. The molecule has 2 aliphatic heterocycles. The van der Waals surface area contributed by atoms with E-state index in [2.05, 4.69) is 0 Å². The molecule has 6 nitrogen and oxygen atoms in total. The van der Waals surface area contributed by atoms with Crippen LogP contribution in [0, 0.1) is 5.41 Å². The van der Waals surface area contributed by atoms with Gasteiger partial charge < -0.3 is 9.84 Å². The molecule has 2 rings (SSSR count). The predicted octanol–water partition coefficient (Wildman–Crippen LogP) is 6.79. The standard InChI is InChI=1S/C28H42O6S2/c1-21(29)34-28(4,5)20-9-7-12-23-16-18-25(36(23)33)14-10-13-24-17-15-22(35(24)32)11-6-8-19-27(2,3)26(30)31/h15-18H,6-14,19-20H2,1-5H3,(H,30,31). The Morgan fingerprint density at radius 2 is 1.11 bits per heavy atom. The van der Waals surface area contributed by atoms with E-state index in [0.717, 1.165) is 77.4 Å². The fraction of sp³-hybridized carbons (Fsp3) is 0.643. The molecule has 0 spiro atoms. The van der Waals surface area contributed by atoms with Crippen molar-refractivity contribution in [2.75, 3.05) is 0 Å². The van der Waals surface area contributed by atoms with Gasteiger partial charge in [-0.1, -0.05) is 6.42 Å². The third-order valence-corrected chi connectivity index (χ3v) is 9.90. The van der Waals surface area contributed by atoms with Crippen molar-refractivity contribution in [3.8, 4) is 0 Å². The summed E-state index contributed by atoms with van der Waals surface area (Å²) in [7, 11) is -2.18. The number of hydrogen-bond donors (Lipinski definition) is 1. The van der Waals surface area contributed by atoms with Crippen LogP contribution in [0.15, 0.2) is 43.9 Å². The molecule has 0 saturated heterocycles. The van der Waals surface area contributed by atoms with E-state index in [4.69, 9.17) is 4.74 Å². The van der Waals surface area contributed by atoms with Crippen LogP contribution in [0.1, 0.15) is 105 Å². The summed E-state index contributed by atoms with van der Waals surface area (Å²) < 4.78 is 30.9. The van der Waals surface area contributed by atoms with Crippen LogP contribution in [0.3, 0.4) is 0 Å². The van der Waals surface area contributed by atoms with Crippen molar-refractivity contribution in [3.63, 3.8) is 0 Å². The molecule has 0 fully saturated rings. The Hall–Kier alpha value is -1.80. The summed E-state index contributed by atoms with van der Waals surface area (Å²) in [4.78, 5) is 26.1. The van der Waals surface area contributed by atoms with Gasteiger partial charge in [0.05, 0.1) is 27.0 Å². The maximum atomic E-state index is 12.8. The molecule has 0 radical (unpaired) electrons. The number of carboxylic acid groups (broad SMARTS) is 1. The number of esters is 1. The van der Waals surface area contributed by atoms with Gasteiger partial charge >= 0.3 is 11.9 Å². The number of unbranched alkanes of at least 4 members (excludes halogenated alkanes) is 2. The zero-order valence-electron chi connectivity index (χ0n) is 22.4. The van der Waals surface area contributed by atoms with Crippen LogP contribution in [0.25, 0.3) is 0 Å². The van der Waals surface area contributed by atoms with Crippen LogP contribution in [0.4, 0.5) is 0 Å². The minimum absolute atomic E-state index is 0.269. The minimum atomic E-state index is -1.10. The Bertz CT molecular complexity index is 998. The van der Waals surface area contributed by atoms with Crippen molar-refractivity contribution in [3.05, 3.63) is 43.9 Å². The summed E-state index contributed by atoms with van der Waals surface area (Å²) in [5.41, 5.74) is -1.20. The van der Waals surface area contributed by atoms with E-state index in [9.17, 15) is 23.1 Å². The molecular formula is C28H42O6S2. The number of hydrogen-bond acceptors (Lipinski definition) is 5. The molecule has 2 atom stereocenters. The quantitative estimate of drug-likeness (QED) is 0.172. The zero-order valence-corrected chi connectivity index (χ0v) is 24.0. The van der Waals surface area contributed by atoms with Crippen LogP contribution < -0.4 is 0 Å². The highest BCUT2D eigenvalue weighted by Gasteiger charge is 2.27. The van der Waals surface area contributed by atoms with E-state index < -0.39 is 38.6 Å². The molecule has 2 aliphatic rings. The van der Waals surface area contributed by atoms with Gasteiger partial charge in [0, 0.05) is 26.5 Å². The molecule has 2 heterocycles. The van der Waals surface area contributed by atoms with E-state index in [0.29, 0.717) is 12.8 Å². The van der Waals surface area contributed by atoms with Gasteiger partial charge in [-0.2, -0.15) is 0 Å². The second kappa shape index (κ2) is 13.7. The summed E-state index contributed by atoms with van der Waals surface area (Å²) in [6, 6.07) is 0. The summed E-state index contributed by atoms with van der Waals surface area (Å²) in [6.07, 6.45) is 16.4. The highest BCUT2D eigenvalue weighted by atomic mass is 32.2. The summed E-state index contributed by atoms with van der Waals surface area (Å²) in [5, 5.41) is 9.21. The van der Waals surface area contributed by atoms with E-state index in [1.165, 1.54) is 6.92 Å². The van der Waals surface area contributed by atoms with Gasteiger partial charge in [0.25, 0.3) is 0 Å². The number of carbonyl (C=O) groups excluding carboxylic acids is 1. The molecule has 1 N–H and O–H groups in total. The first-order valence-electron chi connectivity index (χ1n) is 12.9. The molecule has 2 unspecified atom stereocenters. The van der Waals surface area contributed by atoms with Gasteiger partial charge in [0.15, 0.2) is 0 Å². The van der Waals surface area contributed by atoms with Gasteiger partial charge in [0.1, 0.15) is 5.60 Å². The second-order valence-corrected chi connectivity index (χ2v) is 14.1. The molecule has 0 saturated carbocycles. The van der Waals surface area contributed by atoms with Gasteiger partial charge in [-0.25, -0.2) is 8.42 Å². The maximum absolute atomic E-state index is 12.8. The van der Waals surface area contributed by atoms with Gasteiger partial charge in [-0.15, -0.1) is 0 Å². The lowest BCUT2D eigenvalue weighted by Crippen LogP contribution is -2.26. The molecular weight excluding hydrogens is 496 g/mol. The van der Waals surface area contributed by atoms with Gasteiger partial charge in [-0.3, -0.25) is 9.59 Å².